The predicted octanol–water partition coefficient (Wildman–Crippen LogP) is 1.60. The number of amides is 1. The molecule has 3 aromatic rings. The van der Waals surface area contributed by atoms with Crippen LogP contribution >= 0.6 is 0 Å². The third-order valence-electron chi connectivity index (χ3n) is 5.31. The Morgan fingerprint density at radius 2 is 1.90 bits per heavy atom. The van der Waals surface area contributed by atoms with E-state index in [2.05, 4.69) is 10.1 Å². The van der Waals surface area contributed by atoms with Crippen molar-refractivity contribution >= 4 is 5.91 Å². The van der Waals surface area contributed by atoms with E-state index in [9.17, 15) is 9.59 Å². The van der Waals surface area contributed by atoms with Crippen LogP contribution in [0.2, 0.25) is 0 Å². The number of rotatable bonds is 4. The number of para-hydroxylation sites is 2. The fourth-order valence-corrected chi connectivity index (χ4v) is 3.70. The summed E-state index contributed by atoms with van der Waals surface area (Å²) in [5.41, 5.74) is 1.39. The molecule has 1 unspecified atom stereocenters. The Bertz CT molecular complexity index is 1130. The lowest BCUT2D eigenvalue weighted by Gasteiger charge is -2.41. The molecule has 4 heterocycles. The van der Waals surface area contributed by atoms with Crippen LogP contribution in [0.25, 0.3) is 11.3 Å². The van der Waals surface area contributed by atoms with Gasteiger partial charge in [0.2, 0.25) is 6.10 Å². The summed E-state index contributed by atoms with van der Waals surface area (Å²) < 4.78 is 12.9. The zero-order valence-corrected chi connectivity index (χ0v) is 16.2. The smallest absolute Gasteiger partial charge is 0.267 e. The molecular weight excluding hydrogens is 384 g/mol. The molecule has 1 amide bonds. The molecule has 0 saturated carbocycles. The molecule has 0 aliphatic carbocycles. The minimum Gasteiger partial charge on any atom is -0.485 e. The van der Waals surface area contributed by atoms with Gasteiger partial charge in [0.25, 0.3) is 11.5 Å². The molecule has 0 spiro atoms. The molecule has 8 heteroatoms. The van der Waals surface area contributed by atoms with Gasteiger partial charge < -0.3 is 14.4 Å². The molecule has 5 rings (SSSR count). The van der Waals surface area contributed by atoms with E-state index < -0.39 is 6.10 Å². The lowest BCUT2D eigenvalue weighted by atomic mass is 9.99. The van der Waals surface area contributed by atoms with Gasteiger partial charge >= 0.3 is 0 Å². The molecule has 1 atom stereocenters. The first-order valence-corrected chi connectivity index (χ1v) is 9.83. The van der Waals surface area contributed by atoms with Gasteiger partial charge in [-0.2, -0.15) is 5.10 Å². The summed E-state index contributed by atoms with van der Waals surface area (Å²) in [6.45, 7) is 1.78. The van der Waals surface area contributed by atoms with Crippen LogP contribution in [0.15, 0.2) is 65.7 Å². The molecule has 0 N–H and O–H groups in total. The molecule has 1 fully saturated rings. The lowest BCUT2D eigenvalue weighted by molar-refractivity contribution is -0.148. The quantitative estimate of drug-likeness (QED) is 0.657. The SMILES string of the molecule is O=C(C1COc2ccccc2O1)N1CC(Cn2nc(-c3cccnc3)ccc2=O)C1. The fourth-order valence-electron chi connectivity index (χ4n) is 3.70. The number of ether oxygens (including phenoxy) is 2. The Hall–Kier alpha value is -3.68. The van der Waals surface area contributed by atoms with Gasteiger partial charge in [0.05, 0.1) is 12.2 Å². The second kappa shape index (κ2) is 7.62. The maximum atomic E-state index is 12.7. The third-order valence-corrected chi connectivity index (χ3v) is 5.31. The van der Waals surface area contributed by atoms with E-state index in [1.165, 1.54) is 10.7 Å². The highest BCUT2D eigenvalue weighted by atomic mass is 16.6. The Labute approximate surface area is 172 Å². The second-order valence-corrected chi connectivity index (χ2v) is 7.45. The minimum atomic E-state index is -0.643. The second-order valence-electron chi connectivity index (χ2n) is 7.45. The summed E-state index contributed by atoms with van der Waals surface area (Å²) in [6.07, 6.45) is 2.76. The number of aromatic nitrogens is 3. The summed E-state index contributed by atoms with van der Waals surface area (Å²) >= 11 is 0. The average molecular weight is 404 g/mol. The van der Waals surface area contributed by atoms with Crippen molar-refractivity contribution in [1.82, 2.24) is 19.7 Å². The maximum Gasteiger partial charge on any atom is 0.267 e. The topological polar surface area (TPSA) is 86.6 Å². The zero-order valence-electron chi connectivity index (χ0n) is 16.2. The Morgan fingerprint density at radius 3 is 2.70 bits per heavy atom. The highest BCUT2D eigenvalue weighted by molar-refractivity contribution is 5.82. The molecule has 2 aliphatic rings. The van der Waals surface area contributed by atoms with Gasteiger partial charge in [-0.05, 0) is 30.3 Å². The molecule has 152 valence electrons. The van der Waals surface area contributed by atoms with Crippen molar-refractivity contribution in [2.24, 2.45) is 5.92 Å². The molecule has 0 radical (unpaired) electrons. The Balaban J connectivity index is 1.21. The standard InChI is InChI=1S/C22H20N4O4/c27-21-8-7-17(16-4-3-9-23-10-16)24-26(21)13-15-11-25(12-15)22(28)20-14-29-18-5-1-2-6-19(18)30-20/h1-10,15,20H,11-14H2. The molecular formula is C22H20N4O4. The molecule has 2 aromatic heterocycles. The summed E-state index contributed by atoms with van der Waals surface area (Å²) in [5.74, 6) is 1.31. The maximum absolute atomic E-state index is 12.7. The monoisotopic (exact) mass is 404 g/mol. The van der Waals surface area contributed by atoms with Gasteiger partial charge in [0, 0.05) is 43.0 Å². The first-order chi connectivity index (χ1) is 14.7. The first kappa shape index (κ1) is 18.4. The van der Waals surface area contributed by atoms with E-state index >= 15 is 0 Å². The van der Waals surface area contributed by atoms with Gasteiger partial charge in [-0.1, -0.05) is 12.1 Å². The van der Waals surface area contributed by atoms with Crippen LogP contribution in [0.3, 0.4) is 0 Å². The first-order valence-electron chi connectivity index (χ1n) is 9.83. The van der Waals surface area contributed by atoms with Crippen LogP contribution in [0.4, 0.5) is 0 Å². The number of fused-ring (bicyclic) bond motifs is 1. The van der Waals surface area contributed by atoms with Crippen LogP contribution in [-0.2, 0) is 11.3 Å². The molecule has 30 heavy (non-hydrogen) atoms. The molecule has 1 saturated heterocycles. The van der Waals surface area contributed by atoms with Crippen molar-refractivity contribution in [2.75, 3.05) is 19.7 Å². The average Bonchev–Trinajstić information content (AvgIpc) is 2.77. The van der Waals surface area contributed by atoms with Gasteiger partial charge in [-0.15, -0.1) is 0 Å². The van der Waals surface area contributed by atoms with E-state index in [4.69, 9.17) is 9.47 Å². The number of nitrogens with zero attached hydrogens (tertiary/aromatic N) is 4. The van der Waals surface area contributed by atoms with Gasteiger partial charge in [0.15, 0.2) is 11.5 Å². The van der Waals surface area contributed by atoms with Gasteiger partial charge in [-0.25, -0.2) is 4.68 Å². The highest BCUT2D eigenvalue weighted by Crippen LogP contribution is 2.32. The molecule has 0 bridgehead atoms. The van der Waals surface area contributed by atoms with Crippen molar-refractivity contribution in [3.05, 3.63) is 71.3 Å². The summed E-state index contributed by atoms with van der Waals surface area (Å²) in [7, 11) is 0. The van der Waals surface area contributed by atoms with E-state index in [1.54, 1.807) is 29.4 Å². The Morgan fingerprint density at radius 1 is 1.07 bits per heavy atom. The third kappa shape index (κ3) is 3.52. The molecule has 8 nitrogen and oxygen atoms in total. The normalized spacial score (nSPS) is 18.0. The molecule has 2 aliphatic heterocycles. The summed E-state index contributed by atoms with van der Waals surface area (Å²) in [5, 5.41) is 4.47. The number of likely N-dealkylation sites (tertiary alicyclic amines) is 1. The number of carbonyl (C=O) groups excluding carboxylic acids is 1. The zero-order chi connectivity index (χ0) is 20.5. The van der Waals surface area contributed by atoms with Crippen LogP contribution in [0, 0.1) is 5.92 Å². The van der Waals surface area contributed by atoms with Crippen LogP contribution < -0.4 is 15.0 Å². The van der Waals surface area contributed by atoms with Gasteiger partial charge in [0.1, 0.15) is 6.61 Å². The van der Waals surface area contributed by atoms with Crippen molar-refractivity contribution in [1.29, 1.82) is 0 Å². The van der Waals surface area contributed by atoms with Crippen molar-refractivity contribution < 1.29 is 14.3 Å². The van der Waals surface area contributed by atoms with E-state index in [0.717, 1.165) is 5.56 Å². The number of hydrogen-bond donors (Lipinski definition) is 0. The molecule has 1 aromatic carbocycles. The van der Waals surface area contributed by atoms with Crippen molar-refractivity contribution in [2.45, 2.75) is 12.6 Å². The van der Waals surface area contributed by atoms with E-state index in [1.807, 2.05) is 30.3 Å². The predicted molar refractivity (Wildman–Crippen MR) is 108 cm³/mol. The largest absolute Gasteiger partial charge is 0.485 e. The van der Waals surface area contributed by atoms with Crippen LogP contribution in [0.1, 0.15) is 0 Å². The van der Waals surface area contributed by atoms with Crippen LogP contribution in [0.5, 0.6) is 11.5 Å². The van der Waals surface area contributed by atoms with E-state index in [-0.39, 0.29) is 24.0 Å². The lowest BCUT2D eigenvalue weighted by Crippen LogP contribution is -2.57. The van der Waals surface area contributed by atoms with Crippen molar-refractivity contribution in [3.8, 4) is 22.8 Å². The fraction of sp³-hybridized carbons (Fsp3) is 0.273. The van der Waals surface area contributed by atoms with E-state index in [0.29, 0.717) is 36.8 Å². The number of hydrogen-bond acceptors (Lipinski definition) is 6. The number of carbonyl (C=O) groups is 1. The highest BCUT2D eigenvalue weighted by Gasteiger charge is 2.38. The van der Waals surface area contributed by atoms with Crippen molar-refractivity contribution in [3.63, 3.8) is 0 Å². The number of pyridine rings is 1. The Kier molecular flexibility index (Phi) is 4.66. The summed E-state index contributed by atoms with van der Waals surface area (Å²) in [4.78, 5) is 30.8. The van der Waals surface area contributed by atoms with Gasteiger partial charge in [-0.3, -0.25) is 14.6 Å². The minimum absolute atomic E-state index is 0.0924. The number of benzene rings is 1. The van der Waals surface area contributed by atoms with Crippen LogP contribution in [-0.4, -0.2) is 51.4 Å². The summed E-state index contributed by atoms with van der Waals surface area (Å²) in [6, 6.07) is 14.3.